The van der Waals surface area contributed by atoms with Crippen molar-refractivity contribution in [1.82, 2.24) is 0 Å². The van der Waals surface area contributed by atoms with Crippen molar-refractivity contribution in [3.05, 3.63) is 0 Å². The Balaban J connectivity index is 1.77. The van der Waals surface area contributed by atoms with Crippen molar-refractivity contribution in [2.75, 3.05) is 6.61 Å². The number of ether oxygens (including phenoxy) is 1. The van der Waals surface area contributed by atoms with Crippen LogP contribution in [0.5, 0.6) is 0 Å². The van der Waals surface area contributed by atoms with Gasteiger partial charge in [-0.15, -0.1) is 0 Å². The molecule has 11 atom stereocenters. The predicted octanol–water partition coefficient (Wildman–Crippen LogP) is 2.44. The molecule has 1 aliphatic heterocycles. The highest BCUT2D eigenvalue weighted by Crippen LogP contribution is 2.65. The highest BCUT2D eigenvalue weighted by molar-refractivity contribution is 5.16. The number of hydrogen-bond donors (Lipinski definition) is 5. The van der Waals surface area contributed by atoms with E-state index in [-0.39, 0.29) is 17.9 Å². The van der Waals surface area contributed by atoms with E-state index in [0.29, 0.717) is 30.1 Å². The standard InChI is InChI=1S/C25H44O6/c1-14-6-7-16-12-18-15(2)8-11-24(29,23(18,5)10-9-17(14)22(16,3)4)25(30)21(28)20(27)19(26)13-31-25/h14-21,26-30H,6-13H2,1-5H3/t14-,15-,16+,17+,18-,19-,20+,21-,23+,24?,25?/m1/s1. The molecule has 4 fully saturated rings. The average molecular weight is 441 g/mol. The maximum atomic E-state index is 12.3. The summed E-state index contributed by atoms with van der Waals surface area (Å²) in [6, 6.07) is 0. The second kappa shape index (κ2) is 7.64. The van der Waals surface area contributed by atoms with Crippen LogP contribution >= 0.6 is 0 Å². The van der Waals surface area contributed by atoms with E-state index in [1.807, 2.05) is 0 Å². The fourth-order valence-corrected chi connectivity index (χ4v) is 8.45. The molecule has 0 radical (unpaired) electrons. The first-order valence-corrected chi connectivity index (χ1v) is 12.4. The zero-order valence-corrected chi connectivity index (χ0v) is 19.9. The zero-order chi connectivity index (χ0) is 23.0. The van der Waals surface area contributed by atoms with E-state index in [2.05, 4.69) is 34.6 Å². The molecular formula is C25H44O6. The lowest BCUT2D eigenvalue weighted by Crippen LogP contribution is -2.77. The quantitative estimate of drug-likeness (QED) is 0.428. The lowest BCUT2D eigenvalue weighted by molar-refractivity contribution is -0.412. The summed E-state index contributed by atoms with van der Waals surface area (Å²) < 4.78 is 5.63. The van der Waals surface area contributed by atoms with Gasteiger partial charge < -0.3 is 30.3 Å². The van der Waals surface area contributed by atoms with Gasteiger partial charge in [-0.25, -0.2) is 0 Å². The number of aliphatic hydroxyl groups excluding tert-OH is 3. The minimum atomic E-state index is -2.31. The summed E-state index contributed by atoms with van der Waals surface area (Å²) in [4.78, 5) is 0. The molecule has 0 aromatic carbocycles. The van der Waals surface area contributed by atoms with Crippen LogP contribution in [0.25, 0.3) is 0 Å². The van der Waals surface area contributed by atoms with Gasteiger partial charge in [0.1, 0.15) is 23.9 Å². The summed E-state index contributed by atoms with van der Waals surface area (Å²) in [6.07, 6.45) is 1.53. The first-order chi connectivity index (χ1) is 14.3. The lowest BCUT2D eigenvalue weighted by Gasteiger charge is -2.65. The van der Waals surface area contributed by atoms with Crippen molar-refractivity contribution < 1.29 is 30.3 Å². The molecule has 0 spiro atoms. The van der Waals surface area contributed by atoms with Crippen molar-refractivity contribution in [2.45, 2.75) is 109 Å². The monoisotopic (exact) mass is 440 g/mol. The van der Waals surface area contributed by atoms with Gasteiger partial charge >= 0.3 is 0 Å². The van der Waals surface area contributed by atoms with Crippen molar-refractivity contribution >= 4 is 0 Å². The summed E-state index contributed by atoms with van der Waals surface area (Å²) >= 11 is 0. The third-order valence-electron chi connectivity index (χ3n) is 10.8. The third-order valence-corrected chi connectivity index (χ3v) is 10.8. The smallest absolute Gasteiger partial charge is 0.225 e. The molecule has 0 amide bonds. The molecule has 3 aliphatic carbocycles. The Hall–Kier alpha value is -0.240. The second-order valence-corrected chi connectivity index (χ2v) is 12.4. The van der Waals surface area contributed by atoms with E-state index in [1.54, 1.807) is 0 Å². The van der Waals surface area contributed by atoms with Crippen LogP contribution in [0, 0.1) is 40.4 Å². The molecule has 3 saturated carbocycles. The van der Waals surface area contributed by atoms with E-state index in [0.717, 1.165) is 25.7 Å². The molecular weight excluding hydrogens is 396 g/mol. The molecule has 0 aromatic rings. The molecule has 6 nitrogen and oxygen atoms in total. The number of fused-ring (bicyclic) bond motifs is 3. The Morgan fingerprint density at radius 2 is 1.45 bits per heavy atom. The molecule has 6 heteroatoms. The van der Waals surface area contributed by atoms with Crippen LogP contribution in [-0.4, -0.2) is 61.8 Å². The largest absolute Gasteiger partial charge is 0.388 e. The van der Waals surface area contributed by atoms with Gasteiger partial charge in [0.25, 0.3) is 0 Å². The summed E-state index contributed by atoms with van der Waals surface area (Å²) in [5.41, 5.74) is -2.14. The topological polar surface area (TPSA) is 110 Å². The van der Waals surface area contributed by atoms with Gasteiger partial charge in [-0.2, -0.15) is 0 Å². The van der Waals surface area contributed by atoms with Crippen molar-refractivity contribution in [3.8, 4) is 0 Å². The van der Waals surface area contributed by atoms with Crippen LogP contribution in [0.4, 0.5) is 0 Å². The minimum Gasteiger partial charge on any atom is -0.388 e. The number of hydrogen-bond acceptors (Lipinski definition) is 6. The third kappa shape index (κ3) is 3.19. The maximum absolute atomic E-state index is 12.3. The molecule has 4 aliphatic rings. The molecule has 180 valence electrons. The molecule has 1 heterocycles. The molecule has 31 heavy (non-hydrogen) atoms. The molecule has 5 N–H and O–H groups in total. The van der Waals surface area contributed by atoms with Gasteiger partial charge in [0.2, 0.25) is 5.79 Å². The van der Waals surface area contributed by atoms with Gasteiger partial charge in [-0.05, 0) is 73.5 Å². The highest BCUT2D eigenvalue weighted by atomic mass is 16.7. The van der Waals surface area contributed by atoms with Gasteiger partial charge in [0.15, 0.2) is 0 Å². The van der Waals surface area contributed by atoms with Crippen LogP contribution in [-0.2, 0) is 4.74 Å². The lowest BCUT2D eigenvalue weighted by atomic mass is 9.44. The van der Waals surface area contributed by atoms with Gasteiger partial charge in [-0.3, -0.25) is 0 Å². The van der Waals surface area contributed by atoms with Crippen LogP contribution < -0.4 is 0 Å². The SMILES string of the molecule is C[C@@H]1CCC(O)(C2(O)OC[C@@H](O)[C@H](O)[C@H]2O)[C@@]2(C)CC[C@H]3[C@H](C)CC[C@@H](C[C@H]12)C3(C)C. The first kappa shape index (κ1) is 23.9. The summed E-state index contributed by atoms with van der Waals surface area (Å²) in [5.74, 6) is -0.0245. The maximum Gasteiger partial charge on any atom is 0.225 e. The van der Waals surface area contributed by atoms with Gasteiger partial charge in [0, 0.05) is 5.41 Å². The molecule has 2 bridgehead atoms. The van der Waals surface area contributed by atoms with E-state index >= 15 is 0 Å². The Morgan fingerprint density at radius 3 is 2.13 bits per heavy atom. The normalized spacial score (nSPS) is 57.5. The zero-order valence-electron chi connectivity index (χ0n) is 19.9. The van der Waals surface area contributed by atoms with Gasteiger partial charge in [-0.1, -0.05) is 41.0 Å². The summed E-state index contributed by atoms with van der Waals surface area (Å²) in [5, 5.41) is 55.0. The van der Waals surface area contributed by atoms with Crippen molar-refractivity contribution in [3.63, 3.8) is 0 Å². The fourth-order valence-electron chi connectivity index (χ4n) is 8.45. The van der Waals surface area contributed by atoms with Crippen LogP contribution in [0.15, 0.2) is 0 Å². The van der Waals surface area contributed by atoms with Crippen LogP contribution in [0.2, 0.25) is 0 Å². The van der Waals surface area contributed by atoms with Crippen molar-refractivity contribution in [1.29, 1.82) is 0 Å². The fraction of sp³-hybridized carbons (Fsp3) is 1.00. The molecule has 1 saturated heterocycles. The number of rotatable bonds is 1. The molecule has 2 unspecified atom stereocenters. The van der Waals surface area contributed by atoms with Gasteiger partial charge in [0.05, 0.1) is 6.61 Å². The van der Waals surface area contributed by atoms with E-state index in [9.17, 15) is 25.5 Å². The first-order valence-electron chi connectivity index (χ1n) is 12.4. The minimum absolute atomic E-state index is 0.175. The number of aliphatic hydroxyl groups is 5. The summed E-state index contributed by atoms with van der Waals surface area (Å²) in [6.45, 7) is 11.2. The Labute approximate surface area is 187 Å². The van der Waals surface area contributed by atoms with E-state index in [1.165, 1.54) is 12.8 Å². The van der Waals surface area contributed by atoms with E-state index in [4.69, 9.17) is 4.74 Å². The Morgan fingerprint density at radius 1 is 0.806 bits per heavy atom. The predicted molar refractivity (Wildman–Crippen MR) is 117 cm³/mol. The van der Waals surface area contributed by atoms with Crippen molar-refractivity contribution in [2.24, 2.45) is 40.4 Å². The second-order valence-electron chi connectivity index (χ2n) is 12.4. The Bertz CT molecular complexity index is 683. The van der Waals surface area contributed by atoms with E-state index < -0.39 is 35.1 Å². The average Bonchev–Trinajstić information content (AvgIpc) is 2.70. The molecule has 4 rings (SSSR count). The highest BCUT2D eigenvalue weighted by Gasteiger charge is 2.71. The molecule has 0 aromatic heterocycles. The van der Waals surface area contributed by atoms with Crippen LogP contribution in [0.1, 0.15) is 79.6 Å². The van der Waals surface area contributed by atoms with Crippen LogP contribution in [0.3, 0.4) is 0 Å². The Kier molecular flexibility index (Phi) is 5.89. The summed E-state index contributed by atoms with van der Waals surface area (Å²) in [7, 11) is 0.